The molecular formula is C18H18O. The minimum Gasteiger partial charge on any atom is -0.507 e. The van der Waals surface area contributed by atoms with Crippen molar-refractivity contribution in [3.05, 3.63) is 64.8 Å². The van der Waals surface area contributed by atoms with E-state index >= 15 is 0 Å². The van der Waals surface area contributed by atoms with E-state index in [-0.39, 0.29) is 0 Å². The van der Waals surface area contributed by atoms with E-state index in [1.807, 2.05) is 6.92 Å². The molecule has 0 amide bonds. The number of phenolic OH excluding ortho intramolecular Hbond substituents is 1. The molecule has 0 heterocycles. The molecule has 96 valence electrons. The largest absolute Gasteiger partial charge is 0.507 e. The van der Waals surface area contributed by atoms with Gasteiger partial charge in [-0.2, -0.15) is 0 Å². The van der Waals surface area contributed by atoms with Crippen LogP contribution in [0.25, 0.3) is 11.1 Å². The first kappa shape index (κ1) is 12.0. The van der Waals surface area contributed by atoms with Crippen LogP contribution < -0.4 is 0 Å². The zero-order chi connectivity index (χ0) is 13.4. The van der Waals surface area contributed by atoms with Crippen LogP contribution in [-0.4, -0.2) is 5.11 Å². The van der Waals surface area contributed by atoms with Crippen LogP contribution in [0.3, 0.4) is 0 Å². The van der Waals surface area contributed by atoms with Crippen LogP contribution in [0.2, 0.25) is 0 Å². The van der Waals surface area contributed by atoms with E-state index in [9.17, 15) is 5.11 Å². The lowest BCUT2D eigenvalue weighted by molar-refractivity contribution is 0.468. The first-order chi connectivity index (χ1) is 9.18. The molecule has 0 spiro atoms. The number of aryl methyl sites for hydroxylation is 1. The molecule has 2 aliphatic carbocycles. The average Bonchev–Trinajstić information content (AvgIpc) is 3.07. The molecule has 0 aromatic heterocycles. The number of benzene rings is 1. The van der Waals surface area contributed by atoms with Crippen LogP contribution in [0.15, 0.2) is 42.5 Å². The van der Waals surface area contributed by atoms with Crippen molar-refractivity contribution in [1.82, 2.24) is 0 Å². The third-order valence-electron chi connectivity index (χ3n) is 4.02. The Morgan fingerprint density at radius 2 is 1.58 bits per heavy atom. The maximum atomic E-state index is 10.6. The highest BCUT2D eigenvalue weighted by atomic mass is 16.3. The van der Waals surface area contributed by atoms with Crippen molar-refractivity contribution in [2.45, 2.75) is 26.7 Å². The molecule has 1 aromatic carbocycles. The highest BCUT2D eigenvalue weighted by molar-refractivity contribution is 5.87. The molecule has 1 nitrogen and oxygen atoms in total. The van der Waals surface area contributed by atoms with Crippen molar-refractivity contribution in [3.8, 4) is 5.75 Å². The van der Waals surface area contributed by atoms with Crippen LogP contribution in [-0.2, 0) is 0 Å². The van der Waals surface area contributed by atoms with Gasteiger partial charge in [-0.3, -0.25) is 0 Å². The van der Waals surface area contributed by atoms with Crippen molar-refractivity contribution in [1.29, 1.82) is 0 Å². The van der Waals surface area contributed by atoms with Crippen molar-refractivity contribution < 1.29 is 5.11 Å². The summed E-state index contributed by atoms with van der Waals surface area (Å²) in [6.07, 6.45) is 14.6. The Hall–Kier alpha value is -2.02. The zero-order valence-electron chi connectivity index (χ0n) is 11.4. The predicted molar refractivity (Wildman–Crippen MR) is 81.0 cm³/mol. The van der Waals surface area contributed by atoms with Crippen LogP contribution in [0.4, 0.5) is 0 Å². The van der Waals surface area contributed by atoms with Gasteiger partial charge < -0.3 is 5.11 Å². The third kappa shape index (κ3) is 1.95. The van der Waals surface area contributed by atoms with E-state index < -0.39 is 0 Å². The predicted octanol–water partition coefficient (Wildman–Crippen LogP) is 4.70. The topological polar surface area (TPSA) is 20.2 Å². The van der Waals surface area contributed by atoms with E-state index in [1.54, 1.807) is 0 Å². The van der Waals surface area contributed by atoms with Gasteiger partial charge in [-0.05, 0) is 54.5 Å². The molecule has 0 unspecified atom stereocenters. The molecule has 0 atom stereocenters. The second kappa shape index (κ2) is 4.58. The molecule has 1 heteroatoms. The summed E-state index contributed by atoms with van der Waals surface area (Å²) in [5, 5.41) is 10.6. The molecular weight excluding hydrogens is 232 g/mol. The van der Waals surface area contributed by atoms with Gasteiger partial charge in [0.05, 0.1) is 0 Å². The van der Waals surface area contributed by atoms with Gasteiger partial charge in [0.1, 0.15) is 5.75 Å². The molecule has 3 rings (SSSR count). The quantitative estimate of drug-likeness (QED) is 0.807. The zero-order valence-corrected chi connectivity index (χ0v) is 11.4. The molecule has 0 bridgehead atoms. The summed E-state index contributed by atoms with van der Waals surface area (Å²) in [6.45, 7) is 4.05. The lowest BCUT2D eigenvalue weighted by Gasteiger charge is -2.17. The molecule has 2 aliphatic rings. The first-order valence-corrected chi connectivity index (χ1v) is 6.74. The Morgan fingerprint density at radius 3 is 2.16 bits per heavy atom. The number of hydrogen-bond acceptors (Lipinski definition) is 1. The standard InChI is InChI=1S/C18H18O/c1-12-11-16(14-7-3-4-8-14)17(18(19)13(12)2)15-9-5-6-10-15/h3-7,9,11,19H,8,10H2,1-2H3. The summed E-state index contributed by atoms with van der Waals surface area (Å²) in [7, 11) is 0. The van der Waals surface area contributed by atoms with E-state index in [1.165, 1.54) is 16.7 Å². The van der Waals surface area contributed by atoms with Crippen LogP contribution in [0.1, 0.15) is 35.1 Å². The van der Waals surface area contributed by atoms with Crippen LogP contribution in [0.5, 0.6) is 5.75 Å². The maximum absolute atomic E-state index is 10.6. The number of phenols is 1. The Bertz CT molecular complexity index is 655. The molecule has 1 aromatic rings. The van der Waals surface area contributed by atoms with E-state index in [0.29, 0.717) is 5.75 Å². The summed E-state index contributed by atoms with van der Waals surface area (Å²) in [6, 6.07) is 2.21. The van der Waals surface area contributed by atoms with Crippen molar-refractivity contribution in [2.24, 2.45) is 0 Å². The Labute approximate surface area is 114 Å². The van der Waals surface area contributed by atoms with Crippen LogP contribution in [0, 0.1) is 13.8 Å². The van der Waals surface area contributed by atoms with Gasteiger partial charge >= 0.3 is 0 Å². The lowest BCUT2D eigenvalue weighted by Crippen LogP contribution is -1.97. The molecule has 0 radical (unpaired) electrons. The third-order valence-corrected chi connectivity index (χ3v) is 4.02. The minimum atomic E-state index is 0.442. The van der Waals surface area contributed by atoms with Gasteiger partial charge in [0, 0.05) is 5.56 Å². The smallest absolute Gasteiger partial charge is 0.126 e. The van der Waals surface area contributed by atoms with Crippen molar-refractivity contribution >= 4 is 11.1 Å². The number of hydrogen-bond donors (Lipinski definition) is 1. The Morgan fingerprint density at radius 1 is 0.947 bits per heavy atom. The molecule has 0 saturated carbocycles. The molecule has 19 heavy (non-hydrogen) atoms. The fraction of sp³-hybridized carbons (Fsp3) is 0.222. The summed E-state index contributed by atoms with van der Waals surface area (Å²) in [4.78, 5) is 0. The van der Waals surface area contributed by atoms with Gasteiger partial charge in [-0.25, -0.2) is 0 Å². The normalized spacial score (nSPS) is 16.9. The van der Waals surface area contributed by atoms with Crippen molar-refractivity contribution in [2.75, 3.05) is 0 Å². The van der Waals surface area contributed by atoms with Gasteiger partial charge in [-0.15, -0.1) is 0 Å². The summed E-state index contributed by atoms with van der Waals surface area (Å²) in [5.41, 5.74) is 6.84. The van der Waals surface area contributed by atoms with Crippen LogP contribution >= 0.6 is 0 Å². The molecule has 0 aliphatic heterocycles. The minimum absolute atomic E-state index is 0.442. The summed E-state index contributed by atoms with van der Waals surface area (Å²) in [5.74, 6) is 0.442. The number of allylic oxidation sites excluding steroid dienone is 8. The number of aromatic hydroxyl groups is 1. The lowest BCUT2D eigenvalue weighted by atomic mass is 9.88. The fourth-order valence-corrected chi connectivity index (χ4v) is 2.76. The average molecular weight is 250 g/mol. The Balaban J connectivity index is 2.22. The monoisotopic (exact) mass is 250 g/mol. The highest BCUT2D eigenvalue weighted by Gasteiger charge is 2.19. The SMILES string of the molecule is Cc1cc(C2=CC=CC2)c(C2=CC=CC2)c(O)c1C. The van der Waals surface area contributed by atoms with Gasteiger partial charge in [0.25, 0.3) is 0 Å². The number of rotatable bonds is 2. The molecule has 1 N–H and O–H groups in total. The van der Waals surface area contributed by atoms with E-state index in [2.05, 4.69) is 49.4 Å². The second-order valence-electron chi connectivity index (χ2n) is 5.24. The second-order valence-corrected chi connectivity index (χ2v) is 5.24. The summed E-state index contributed by atoms with van der Waals surface area (Å²) < 4.78 is 0. The summed E-state index contributed by atoms with van der Waals surface area (Å²) >= 11 is 0. The van der Waals surface area contributed by atoms with Gasteiger partial charge in [0.2, 0.25) is 0 Å². The van der Waals surface area contributed by atoms with Gasteiger partial charge in [0.15, 0.2) is 0 Å². The van der Waals surface area contributed by atoms with Crippen molar-refractivity contribution in [3.63, 3.8) is 0 Å². The molecule has 0 saturated heterocycles. The first-order valence-electron chi connectivity index (χ1n) is 6.74. The fourth-order valence-electron chi connectivity index (χ4n) is 2.76. The molecule has 0 fully saturated rings. The Kier molecular flexibility index (Phi) is 2.90. The van der Waals surface area contributed by atoms with Gasteiger partial charge in [-0.1, -0.05) is 42.5 Å². The maximum Gasteiger partial charge on any atom is 0.126 e. The van der Waals surface area contributed by atoms with E-state index in [4.69, 9.17) is 0 Å². The van der Waals surface area contributed by atoms with E-state index in [0.717, 1.165) is 29.5 Å². The highest BCUT2D eigenvalue weighted by Crippen LogP contribution is 2.41.